The van der Waals surface area contributed by atoms with Crippen LogP contribution in [0.3, 0.4) is 0 Å². The van der Waals surface area contributed by atoms with Gasteiger partial charge in [0.2, 0.25) is 0 Å². The Morgan fingerprint density at radius 2 is 1.64 bits per heavy atom. The predicted molar refractivity (Wildman–Crippen MR) is 145 cm³/mol. The average molecular weight is 599 g/mol. The Morgan fingerprint density at radius 3 is 2.33 bits per heavy atom. The lowest BCUT2D eigenvalue weighted by Crippen LogP contribution is -2.34. The second kappa shape index (κ2) is 14.0. The SMILES string of the molecule is CCCCOc1ccc(C(=O)NCC(=O)NN=Cc2ccc(OC(=O)c3ccccc3I)cc2)cc1. The van der Waals surface area contributed by atoms with Crippen molar-refractivity contribution in [1.29, 1.82) is 0 Å². The average Bonchev–Trinajstić information content (AvgIpc) is 2.89. The van der Waals surface area contributed by atoms with Gasteiger partial charge in [-0.1, -0.05) is 25.5 Å². The van der Waals surface area contributed by atoms with E-state index in [2.05, 4.69) is 45.4 Å². The Kier molecular flexibility index (Phi) is 10.4. The molecule has 0 atom stereocenters. The number of benzene rings is 3. The lowest BCUT2D eigenvalue weighted by molar-refractivity contribution is -0.120. The Balaban J connectivity index is 1.41. The van der Waals surface area contributed by atoms with Crippen LogP contribution in [0.15, 0.2) is 77.9 Å². The first-order valence-electron chi connectivity index (χ1n) is 11.4. The van der Waals surface area contributed by atoms with E-state index in [0.717, 1.165) is 16.4 Å². The molecule has 2 amide bonds. The van der Waals surface area contributed by atoms with Crippen molar-refractivity contribution in [2.24, 2.45) is 5.10 Å². The lowest BCUT2D eigenvalue weighted by atomic mass is 10.2. The van der Waals surface area contributed by atoms with E-state index >= 15 is 0 Å². The Hall–Kier alpha value is -3.73. The van der Waals surface area contributed by atoms with Crippen LogP contribution in [0.1, 0.15) is 46.0 Å². The fourth-order valence-electron chi connectivity index (χ4n) is 2.93. The fraction of sp³-hybridized carbons (Fsp3) is 0.185. The highest BCUT2D eigenvalue weighted by Gasteiger charge is 2.12. The summed E-state index contributed by atoms with van der Waals surface area (Å²) in [5.74, 6) is -0.188. The minimum absolute atomic E-state index is 0.224. The summed E-state index contributed by atoms with van der Waals surface area (Å²) in [6.07, 6.45) is 3.46. The molecule has 0 fully saturated rings. The molecule has 186 valence electrons. The Bertz CT molecular complexity index is 1210. The number of hydrogen-bond acceptors (Lipinski definition) is 6. The predicted octanol–water partition coefficient (Wildman–Crippen LogP) is 4.57. The smallest absolute Gasteiger partial charge is 0.344 e. The van der Waals surface area contributed by atoms with Crippen LogP contribution in [-0.4, -0.2) is 37.1 Å². The van der Waals surface area contributed by atoms with E-state index < -0.39 is 11.9 Å². The molecular formula is C27H26IN3O5. The molecule has 3 aromatic carbocycles. The van der Waals surface area contributed by atoms with Gasteiger partial charge < -0.3 is 14.8 Å². The van der Waals surface area contributed by atoms with E-state index in [-0.39, 0.29) is 12.5 Å². The van der Waals surface area contributed by atoms with Crippen molar-refractivity contribution in [3.8, 4) is 11.5 Å². The van der Waals surface area contributed by atoms with Gasteiger partial charge in [0, 0.05) is 9.13 Å². The number of hydrogen-bond donors (Lipinski definition) is 2. The number of carbonyl (C=O) groups excluding carboxylic acids is 3. The number of carbonyl (C=O) groups is 3. The highest BCUT2D eigenvalue weighted by molar-refractivity contribution is 14.1. The van der Waals surface area contributed by atoms with Gasteiger partial charge in [0.25, 0.3) is 11.8 Å². The van der Waals surface area contributed by atoms with Crippen LogP contribution in [0.2, 0.25) is 0 Å². The van der Waals surface area contributed by atoms with Gasteiger partial charge >= 0.3 is 5.97 Å². The molecule has 8 nitrogen and oxygen atoms in total. The largest absolute Gasteiger partial charge is 0.494 e. The number of esters is 1. The van der Waals surface area contributed by atoms with Crippen molar-refractivity contribution in [3.63, 3.8) is 0 Å². The summed E-state index contributed by atoms with van der Waals surface area (Å²) in [5.41, 5.74) is 3.97. The molecule has 0 unspecified atom stereocenters. The summed E-state index contributed by atoms with van der Waals surface area (Å²) >= 11 is 2.08. The zero-order chi connectivity index (χ0) is 25.8. The fourth-order valence-corrected chi connectivity index (χ4v) is 3.54. The zero-order valence-corrected chi connectivity index (χ0v) is 21.9. The quantitative estimate of drug-likeness (QED) is 0.0840. The maximum absolute atomic E-state index is 12.3. The summed E-state index contributed by atoms with van der Waals surface area (Å²) in [7, 11) is 0. The van der Waals surface area contributed by atoms with Crippen LogP contribution in [0.25, 0.3) is 0 Å². The van der Waals surface area contributed by atoms with Gasteiger partial charge in [-0.2, -0.15) is 5.10 Å². The van der Waals surface area contributed by atoms with Crippen molar-refractivity contribution in [2.75, 3.05) is 13.2 Å². The van der Waals surface area contributed by atoms with E-state index in [1.807, 2.05) is 12.1 Å². The van der Waals surface area contributed by atoms with E-state index in [9.17, 15) is 14.4 Å². The van der Waals surface area contributed by atoms with E-state index in [0.29, 0.717) is 34.8 Å². The molecule has 0 radical (unpaired) electrons. The molecule has 36 heavy (non-hydrogen) atoms. The molecular weight excluding hydrogens is 573 g/mol. The highest BCUT2D eigenvalue weighted by atomic mass is 127. The standard InChI is InChI=1S/C27H26IN3O5/c1-2-3-16-35-21-14-10-20(11-15-21)26(33)29-18-25(32)31-30-17-19-8-12-22(13-9-19)36-27(34)23-6-4-5-7-24(23)28/h4-15,17H,2-3,16,18H2,1H3,(H,29,33)(H,31,32). The number of nitrogens with zero attached hydrogens (tertiary/aromatic N) is 1. The summed E-state index contributed by atoms with van der Waals surface area (Å²) in [6.45, 7) is 2.50. The molecule has 0 saturated heterocycles. The number of halogens is 1. The molecule has 0 saturated carbocycles. The van der Waals surface area contributed by atoms with Crippen molar-refractivity contribution >= 4 is 46.6 Å². The van der Waals surface area contributed by atoms with Gasteiger partial charge in [-0.25, -0.2) is 10.2 Å². The molecule has 3 aromatic rings. The van der Waals surface area contributed by atoms with Crippen molar-refractivity contribution < 1.29 is 23.9 Å². The molecule has 0 heterocycles. The second-order valence-corrected chi connectivity index (χ2v) is 8.80. The highest BCUT2D eigenvalue weighted by Crippen LogP contribution is 2.17. The maximum atomic E-state index is 12.3. The maximum Gasteiger partial charge on any atom is 0.344 e. The van der Waals surface area contributed by atoms with E-state index in [4.69, 9.17) is 9.47 Å². The van der Waals surface area contributed by atoms with Gasteiger partial charge in [-0.05, 0) is 95.2 Å². The number of nitrogens with one attached hydrogen (secondary N) is 2. The molecule has 0 aromatic heterocycles. The summed E-state index contributed by atoms with van der Waals surface area (Å²) < 4.78 is 11.8. The lowest BCUT2D eigenvalue weighted by Gasteiger charge is -2.07. The number of ether oxygens (including phenoxy) is 2. The van der Waals surface area contributed by atoms with E-state index in [1.54, 1.807) is 60.7 Å². The van der Waals surface area contributed by atoms with E-state index in [1.165, 1.54) is 6.21 Å². The molecule has 9 heteroatoms. The first-order valence-corrected chi connectivity index (χ1v) is 12.4. The van der Waals surface area contributed by atoms with Gasteiger partial charge in [0.1, 0.15) is 11.5 Å². The zero-order valence-electron chi connectivity index (χ0n) is 19.7. The topological polar surface area (TPSA) is 106 Å². The summed E-state index contributed by atoms with van der Waals surface area (Å²) in [5, 5.41) is 6.44. The van der Waals surface area contributed by atoms with Crippen LogP contribution in [0, 0.1) is 3.57 Å². The summed E-state index contributed by atoms with van der Waals surface area (Å²) in [6, 6.07) is 20.6. The number of unbranched alkanes of at least 4 members (excludes halogenated alkanes) is 1. The normalized spacial score (nSPS) is 10.6. The van der Waals surface area contributed by atoms with Gasteiger partial charge in [0.15, 0.2) is 0 Å². The third-order valence-corrected chi connectivity index (χ3v) is 5.82. The number of hydrazone groups is 1. The van der Waals surface area contributed by atoms with Crippen LogP contribution in [-0.2, 0) is 4.79 Å². The van der Waals surface area contributed by atoms with Gasteiger partial charge in [-0.3, -0.25) is 9.59 Å². The van der Waals surface area contributed by atoms with Gasteiger partial charge in [-0.15, -0.1) is 0 Å². The van der Waals surface area contributed by atoms with Crippen molar-refractivity contribution in [3.05, 3.63) is 93.1 Å². The third-order valence-electron chi connectivity index (χ3n) is 4.88. The van der Waals surface area contributed by atoms with Gasteiger partial charge in [0.05, 0.1) is 24.9 Å². The van der Waals surface area contributed by atoms with Crippen molar-refractivity contribution in [2.45, 2.75) is 19.8 Å². The minimum atomic E-state index is -0.470. The molecule has 3 rings (SSSR count). The second-order valence-electron chi connectivity index (χ2n) is 7.64. The third kappa shape index (κ3) is 8.49. The molecule has 0 aliphatic rings. The molecule has 0 bridgehead atoms. The van der Waals surface area contributed by atoms with Crippen LogP contribution >= 0.6 is 22.6 Å². The van der Waals surface area contributed by atoms with Crippen LogP contribution in [0.4, 0.5) is 0 Å². The number of rotatable bonds is 11. The molecule has 0 aliphatic carbocycles. The minimum Gasteiger partial charge on any atom is -0.494 e. The Labute approximate surface area is 223 Å². The molecule has 0 aliphatic heterocycles. The number of amides is 2. The molecule has 0 spiro atoms. The molecule has 2 N–H and O–H groups in total. The van der Waals surface area contributed by atoms with Crippen LogP contribution < -0.4 is 20.2 Å². The monoisotopic (exact) mass is 599 g/mol. The first kappa shape index (κ1) is 26.9. The summed E-state index contributed by atoms with van der Waals surface area (Å²) in [4.78, 5) is 36.5. The first-order chi connectivity index (χ1) is 17.5. The van der Waals surface area contributed by atoms with Crippen LogP contribution in [0.5, 0.6) is 11.5 Å². The Morgan fingerprint density at radius 1 is 0.944 bits per heavy atom. The van der Waals surface area contributed by atoms with Crippen molar-refractivity contribution in [1.82, 2.24) is 10.7 Å².